The van der Waals surface area contributed by atoms with Crippen LogP contribution in [-0.4, -0.2) is 54.5 Å². The van der Waals surface area contributed by atoms with Gasteiger partial charge >= 0.3 is 5.97 Å². The predicted octanol–water partition coefficient (Wildman–Crippen LogP) is 2.26. The van der Waals surface area contributed by atoms with E-state index >= 15 is 0 Å². The highest BCUT2D eigenvalue weighted by molar-refractivity contribution is 6.22. The van der Waals surface area contributed by atoms with Gasteiger partial charge in [-0.25, -0.2) is 4.79 Å². The molecule has 0 saturated heterocycles. The summed E-state index contributed by atoms with van der Waals surface area (Å²) in [4.78, 5) is 51.5. The summed E-state index contributed by atoms with van der Waals surface area (Å²) in [5.41, 5.74) is 0.940. The molecule has 3 amide bonds. The number of ether oxygens (including phenoxy) is 3. The van der Waals surface area contributed by atoms with Crippen molar-refractivity contribution < 1.29 is 33.4 Å². The minimum absolute atomic E-state index is 0.243. The Morgan fingerprint density at radius 2 is 1.62 bits per heavy atom. The van der Waals surface area contributed by atoms with Gasteiger partial charge in [0.1, 0.15) is 19.3 Å². The van der Waals surface area contributed by atoms with Gasteiger partial charge in [-0.3, -0.25) is 19.3 Å². The van der Waals surface area contributed by atoms with Crippen molar-refractivity contribution in [1.29, 1.82) is 0 Å². The normalized spacial score (nSPS) is 15.4. The summed E-state index contributed by atoms with van der Waals surface area (Å²) in [5, 5.41) is 2.62. The van der Waals surface area contributed by atoms with Gasteiger partial charge in [-0.1, -0.05) is 26.0 Å². The maximum Gasteiger partial charge on any atom is 0.330 e. The first-order valence-electron chi connectivity index (χ1n) is 10.2. The molecular weight excluding hydrogens is 416 g/mol. The van der Waals surface area contributed by atoms with Gasteiger partial charge in [-0.15, -0.1) is 0 Å². The van der Waals surface area contributed by atoms with E-state index in [1.807, 2.05) is 0 Å². The molecule has 0 saturated carbocycles. The van der Waals surface area contributed by atoms with E-state index in [1.165, 1.54) is 0 Å². The third kappa shape index (κ3) is 4.01. The average Bonchev–Trinajstić information content (AvgIpc) is 3.03. The number of hydrogen-bond donors (Lipinski definition) is 1. The van der Waals surface area contributed by atoms with Crippen LogP contribution in [0.4, 0.5) is 5.69 Å². The maximum atomic E-state index is 12.8. The van der Waals surface area contributed by atoms with E-state index in [2.05, 4.69) is 5.32 Å². The van der Waals surface area contributed by atoms with Crippen molar-refractivity contribution >= 4 is 29.4 Å². The number of nitrogens with zero attached hydrogens (tertiary/aromatic N) is 1. The van der Waals surface area contributed by atoms with Crippen LogP contribution in [0.25, 0.3) is 0 Å². The van der Waals surface area contributed by atoms with Crippen molar-refractivity contribution in [2.45, 2.75) is 19.9 Å². The Labute approximate surface area is 184 Å². The molecule has 0 aliphatic carbocycles. The number of amides is 3. The zero-order valence-corrected chi connectivity index (χ0v) is 17.6. The Balaban J connectivity index is 1.40. The number of nitrogens with one attached hydrogen (secondary N) is 1. The van der Waals surface area contributed by atoms with Gasteiger partial charge in [-0.05, 0) is 30.2 Å². The van der Waals surface area contributed by atoms with Crippen molar-refractivity contribution in [2.75, 3.05) is 25.1 Å². The molecule has 166 valence electrons. The molecule has 0 fully saturated rings. The Kier molecular flexibility index (Phi) is 5.81. The Morgan fingerprint density at radius 1 is 1.00 bits per heavy atom. The lowest BCUT2D eigenvalue weighted by molar-refractivity contribution is -0.152. The lowest BCUT2D eigenvalue weighted by Crippen LogP contribution is -2.49. The SMILES string of the molecule is CC(C)[C@@H](C(=O)OCC(=O)Nc1ccc2c(c1)OCCO2)N1C(=O)c2ccccc2C1=O. The van der Waals surface area contributed by atoms with E-state index in [4.69, 9.17) is 14.2 Å². The van der Waals surface area contributed by atoms with E-state index in [0.717, 1.165) is 4.90 Å². The van der Waals surface area contributed by atoms with Crippen LogP contribution in [0.15, 0.2) is 42.5 Å². The molecule has 1 N–H and O–H groups in total. The fraction of sp³-hybridized carbons (Fsp3) is 0.304. The van der Waals surface area contributed by atoms with Crippen molar-refractivity contribution in [3.8, 4) is 11.5 Å². The molecule has 2 aliphatic heterocycles. The zero-order valence-electron chi connectivity index (χ0n) is 17.6. The molecule has 1 atom stereocenters. The summed E-state index contributed by atoms with van der Waals surface area (Å²) >= 11 is 0. The van der Waals surface area contributed by atoms with Crippen LogP contribution in [0, 0.1) is 5.92 Å². The smallest absolute Gasteiger partial charge is 0.330 e. The first-order valence-corrected chi connectivity index (χ1v) is 10.2. The zero-order chi connectivity index (χ0) is 22.8. The number of hydrogen-bond acceptors (Lipinski definition) is 7. The Morgan fingerprint density at radius 3 is 2.25 bits per heavy atom. The number of anilines is 1. The molecule has 2 aromatic rings. The summed E-state index contributed by atoms with van der Waals surface area (Å²) < 4.78 is 16.1. The molecule has 32 heavy (non-hydrogen) atoms. The molecule has 0 spiro atoms. The van der Waals surface area contributed by atoms with Crippen LogP contribution in [0.1, 0.15) is 34.6 Å². The molecule has 0 radical (unpaired) electrons. The third-order valence-corrected chi connectivity index (χ3v) is 5.15. The summed E-state index contributed by atoms with van der Waals surface area (Å²) in [5.74, 6) is -1.82. The summed E-state index contributed by atoms with van der Waals surface area (Å²) in [6.07, 6.45) is 0. The number of esters is 1. The number of fused-ring (bicyclic) bond motifs is 2. The van der Waals surface area contributed by atoms with Crippen LogP contribution in [0.5, 0.6) is 11.5 Å². The van der Waals surface area contributed by atoms with Crippen LogP contribution >= 0.6 is 0 Å². The van der Waals surface area contributed by atoms with E-state index < -0.39 is 42.3 Å². The second kappa shape index (κ2) is 8.70. The molecule has 2 heterocycles. The number of rotatable bonds is 6. The highest BCUT2D eigenvalue weighted by atomic mass is 16.6. The maximum absolute atomic E-state index is 12.8. The minimum atomic E-state index is -1.15. The lowest BCUT2D eigenvalue weighted by Gasteiger charge is -2.27. The minimum Gasteiger partial charge on any atom is -0.486 e. The summed E-state index contributed by atoms with van der Waals surface area (Å²) in [6, 6.07) is 10.2. The quantitative estimate of drug-likeness (QED) is 0.544. The molecule has 0 aromatic heterocycles. The van der Waals surface area contributed by atoms with Gasteiger partial charge in [0, 0.05) is 11.8 Å². The van der Waals surface area contributed by atoms with Crippen LogP contribution < -0.4 is 14.8 Å². The lowest BCUT2D eigenvalue weighted by atomic mass is 10.0. The van der Waals surface area contributed by atoms with Crippen molar-refractivity contribution in [3.05, 3.63) is 53.6 Å². The highest BCUT2D eigenvalue weighted by Crippen LogP contribution is 2.32. The van der Waals surface area contributed by atoms with Crippen LogP contribution in [0.2, 0.25) is 0 Å². The standard InChI is InChI=1S/C23H22N2O7/c1-13(2)20(25-21(27)15-5-3-4-6-16(15)22(25)28)23(29)32-12-19(26)24-14-7-8-17-18(11-14)31-10-9-30-17/h3-8,11,13,20H,9-10,12H2,1-2H3,(H,24,26)/t20-/m0/s1. The molecule has 0 bridgehead atoms. The number of carbonyl (C=O) groups is 4. The van der Waals surface area contributed by atoms with E-state index in [1.54, 1.807) is 56.3 Å². The van der Waals surface area contributed by atoms with Gasteiger partial charge in [-0.2, -0.15) is 0 Å². The fourth-order valence-electron chi connectivity index (χ4n) is 3.68. The molecule has 2 aliphatic rings. The van der Waals surface area contributed by atoms with Crippen molar-refractivity contribution in [2.24, 2.45) is 5.92 Å². The van der Waals surface area contributed by atoms with Gasteiger partial charge in [0.2, 0.25) is 0 Å². The number of benzene rings is 2. The van der Waals surface area contributed by atoms with E-state index in [9.17, 15) is 19.2 Å². The first-order chi connectivity index (χ1) is 15.4. The van der Waals surface area contributed by atoms with Crippen LogP contribution in [-0.2, 0) is 14.3 Å². The molecule has 0 unspecified atom stereocenters. The summed E-state index contributed by atoms with van der Waals surface area (Å²) in [6.45, 7) is 3.70. The summed E-state index contributed by atoms with van der Waals surface area (Å²) in [7, 11) is 0. The van der Waals surface area contributed by atoms with Crippen LogP contribution in [0.3, 0.4) is 0 Å². The monoisotopic (exact) mass is 438 g/mol. The van der Waals surface area contributed by atoms with Crippen molar-refractivity contribution in [3.63, 3.8) is 0 Å². The van der Waals surface area contributed by atoms with E-state index in [0.29, 0.717) is 30.4 Å². The molecule has 9 heteroatoms. The molecule has 4 rings (SSSR count). The predicted molar refractivity (Wildman–Crippen MR) is 113 cm³/mol. The largest absolute Gasteiger partial charge is 0.486 e. The number of carbonyl (C=O) groups excluding carboxylic acids is 4. The third-order valence-electron chi connectivity index (χ3n) is 5.15. The number of imide groups is 1. The van der Waals surface area contributed by atoms with Gasteiger partial charge in [0.05, 0.1) is 11.1 Å². The fourth-order valence-corrected chi connectivity index (χ4v) is 3.68. The van der Waals surface area contributed by atoms with Gasteiger partial charge < -0.3 is 19.5 Å². The molecular formula is C23H22N2O7. The van der Waals surface area contributed by atoms with Crippen molar-refractivity contribution in [1.82, 2.24) is 4.90 Å². The Hall–Kier alpha value is -3.88. The van der Waals surface area contributed by atoms with Gasteiger partial charge in [0.15, 0.2) is 18.1 Å². The Bertz CT molecular complexity index is 1060. The molecule has 9 nitrogen and oxygen atoms in total. The topological polar surface area (TPSA) is 111 Å². The molecule has 2 aromatic carbocycles. The van der Waals surface area contributed by atoms with E-state index in [-0.39, 0.29) is 11.1 Å². The average molecular weight is 438 g/mol. The first kappa shape index (κ1) is 21.4. The highest BCUT2D eigenvalue weighted by Gasteiger charge is 2.44. The van der Waals surface area contributed by atoms with Gasteiger partial charge in [0.25, 0.3) is 17.7 Å². The second-order valence-corrected chi connectivity index (χ2v) is 7.73. The second-order valence-electron chi connectivity index (χ2n) is 7.73.